The van der Waals surface area contributed by atoms with Gasteiger partial charge in [-0.25, -0.2) is 0 Å². The van der Waals surface area contributed by atoms with E-state index in [1.54, 1.807) is 6.92 Å². The summed E-state index contributed by atoms with van der Waals surface area (Å²) in [4.78, 5) is 23.7. The van der Waals surface area contributed by atoms with E-state index in [-0.39, 0.29) is 11.9 Å². The van der Waals surface area contributed by atoms with Crippen LogP contribution in [0.5, 0.6) is 0 Å². The normalized spacial score (nSPS) is 14.7. The SMILES string of the molecule is CC#CC(=O)NC(Cc1ccccc1)C(=O)NC1CC1. The van der Waals surface area contributed by atoms with Crippen LogP contribution in [0.1, 0.15) is 25.3 Å². The molecule has 1 aromatic carbocycles. The van der Waals surface area contributed by atoms with Gasteiger partial charge >= 0.3 is 0 Å². The van der Waals surface area contributed by atoms with Gasteiger partial charge in [0.2, 0.25) is 5.91 Å². The van der Waals surface area contributed by atoms with E-state index in [4.69, 9.17) is 0 Å². The van der Waals surface area contributed by atoms with Crippen LogP contribution in [-0.4, -0.2) is 23.9 Å². The Morgan fingerprint density at radius 1 is 1.30 bits per heavy atom. The van der Waals surface area contributed by atoms with Gasteiger partial charge in [-0.2, -0.15) is 0 Å². The predicted molar refractivity (Wildman–Crippen MR) is 76.7 cm³/mol. The molecule has 0 aliphatic heterocycles. The zero-order valence-corrected chi connectivity index (χ0v) is 11.5. The van der Waals surface area contributed by atoms with E-state index in [1.807, 2.05) is 30.3 Å². The van der Waals surface area contributed by atoms with Gasteiger partial charge in [0.15, 0.2) is 0 Å². The minimum atomic E-state index is -0.577. The summed E-state index contributed by atoms with van der Waals surface area (Å²) in [6.45, 7) is 1.59. The van der Waals surface area contributed by atoms with E-state index >= 15 is 0 Å². The summed E-state index contributed by atoms with van der Waals surface area (Å²) in [6, 6.07) is 9.33. The molecule has 1 atom stereocenters. The molecule has 0 aromatic heterocycles. The lowest BCUT2D eigenvalue weighted by Crippen LogP contribution is -2.48. The second kappa shape index (κ2) is 6.76. The fourth-order valence-electron chi connectivity index (χ4n) is 1.90. The number of nitrogens with one attached hydrogen (secondary N) is 2. The van der Waals surface area contributed by atoms with Gasteiger partial charge in [0.1, 0.15) is 6.04 Å². The van der Waals surface area contributed by atoms with Crippen molar-refractivity contribution in [2.24, 2.45) is 0 Å². The molecule has 1 fully saturated rings. The number of amides is 2. The van der Waals surface area contributed by atoms with Crippen LogP contribution in [0, 0.1) is 11.8 Å². The Morgan fingerprint density at radius 3 is 2.60 bits per heavy atom. The highest BCUT2D eigenvalue weighted by Gasteiger charge is 2.28. The van der Waals surface area contributed by atoms with E-state index in [9.17, 15) is 9.59 Å². The Labute approximate surface area is 118 Å². The largest absolute Gasteiger partial charge is 0.352 e. The summed E-state index contributed by atoms with van der Waals surface area (Å²) in [7, 11) is 0. The highest BCUT2D eigenvalue weighted by atomic mass is 16.2. The molecule has 1 unspecified atom stereocenters. The minimum Gasteiger partial charge on any atom is -0.352 e. The first kappa shape index (κ1) is 14.1. The van der Waals surface area contributed by atoms with Crippen molar-refractivity contribution in [2.45, 2.75) is 38.3 Å². The highest BCUT2D eigenvalue weighted by Crippen LogP contribution is 2.19. The first-order valence-electron chi connectivity index (χ1n) is 6.76. The van der Waals surface area contributed by atoms with Crippen LogP contribution in [-0.2, 0) is 16.0 Å². The summed E-state index contributed by atoms with van der Waals surface area (Å²) < 4.78 is 0. The number of rotatable bonds is 5. The molecule has 2 amide bonds. The van der Waals surface area contributed by atoms with Crippen molar-refractivity contribution in [3.63, 3.8) is 0 Å². The third-order valence-corrected chi connectivity index (χ3v) is 3.07. The monoisotopic (exact) mass is 270 g/mol. The standard InChI is InChI=1S/C16H18N2O2/c1-2-6-15(19)18-14(16(20)17-13-9-10-13)11-12-7-4-3-5-8-12/h3-5,7-8,13-14H,9-11H2,1H3,(H,17,20)(H,18,19). The van der Waals surface area contributed by atoms with Gasteiger partial charge in [0.05, 0.1) is 0 Å². The molecule has 0 bridgehead atoms. The quantitative estimate of drug-likeness (QED) is 0.785. The van der Waals surface area contributed by atoms with E-state index in [1.165, 1.54) is 0 Å². The Kier molecular flexibility index (Phi) is 4.78. The molecule has 1 aliphatic rings. The molecule has 2 N–H and O–H groups in total. The Morgan fingerprint density at radius 2 is 2.00 bits per heavy atom. The van der Waals surface area contributed by atoms with Gasteiger partial charge in [0.25, 0.3) is 5.91 Å². The van der Waals surface area contributed by atoms with Crippen LogP contribution in [0.25, 0.3) is 0 Å². The summed E-state index contributed by atoms with van der Waals surface area (Å²) in [5.74, 6) is 4.39. The van der Waals surface area contributed by atoms with Crippen molar-refractivity contribution < 1.29 is 9.59 Å². The van der Waals surface area contributed by atoms with Crippen molar-refractivity contribution >= 4 is 11.8 Å². The van der Waals surface area contributed by atoms with Crippen molar-refractivity contribution in [3.05, 3.63) is 35.9 Å². The molecule has 0 radical (unpaired) electrons. The van der Waals surface area contributed by atoms with Crippen LogP contribution in [0.3, 0.4) is 0 Å². The first-order valence-corrected chi connectivity index (χ1v) is 6.76. The van der Waals surface area contributed by atoms with E-state index in [0.717, 1.165) is 18.4 Å². The maximum Gasteiger partial charge on any atom is 0.296 e. The second-order valence-corrected chi connectivity index (χ2v) is 4.87. The fraction of sp³-hybridized carbons (Fsp3) is 0.375. The number of carbonyl (C=O) groups excluding carboxylic acids is 2. The highest BCUT2D eigenvalue weighted by molar-refractivity contribution is 5.97. The lowest BCUT2D eigenvalue weighted by molar-refractivity contribution is -0.126. The van der Waals surface area contributed by atoms with Crippen LogP contribution in [0.4, 0.5) is 0 Å². The van der Waals surface area contributed by atoms with Gasteiger partial charge in [-0.05, 0) is 31.2 Å². The molecule has 2 rings (SSSR count). The molecular weight excluding hydrogens is 252 g/mol. The molecular formula is C16H18N2O2. The predicted octanol–water partition coefficient (Wildman–Crippen LogP) is 1.02. The molecule has 20 heavy (non-hydrogen) atoms. The number of benzene rings is 1. The van der Waals surface area contributed by atoms with Gasteiger partial charge < -0.3 is 10.6 Å². The molecule has 0 heterocycles. The number of carbonyl (C=O) groups is 2. The summed E-state index contributed by atoms with van der Waals surface area (Å²) >= 11 is 0. The lowest BCUT2D eigenvalue weighted by atomic mass is 10.1. The zero-order valence-electron chi connectivity index (χ0n) is 11.5. The van der Waals surface area contributed by atoms with E-state index < -0.39 is 11.9 Å². The molecule has 0 saturated heterocycles. The smallest absolute Gasteiger partial charge is 0.296 e. The topological polar surface area (TPSA) is 58.2 Å². The van der Waals surface area contributed by atoms with E-state index in [2.05, 4.69) is 22.5 Å². The first-order chi connectivity index (χ1) is 9.69. The maximum absolute atomic E-state index is 12.2. The van der Waals surface area contributed by atoms with Crippen LogP contribution in [0.15, 0.2) is 30.3 Å². The van der Waals surface area contributed by atoms with Crippen molar-refractivity contribution in [3.8, 4) is 11.8 Å². The Hall–Kier alpha value is -2.28. The molecule has 1 aliphatic carbocycles. The molecule has 104 valence electrons. The average molecular weight is 270 g/mol. The Bertz CT molecular complexity index is 539. The zero-order chi connectivity index (χ0) is 14.4. The van der Waals surface area contributed by atoms with E-state index in [0.29, 0.717) is 6.42 Å². The van der Waals surface area contributed by atoms with Gasteiger partial charge in [-0.3, -0.25) is 9.59 Å². The third-order valence-electron chi connectivity index (χ3n) is 3.07. The van der Waals surface area contributed by atoms with Crippen LogP contribution in [0.2, 0.25) is 0 Å². The molecule has 1 aromatic rings. The summed E-state index contributed by atoms with van der Waals surface area (Å²) in [5, 5.41) is 5.59. The lowest BCUT2D eigenvalue weighted by Gasteiger charge is -2.17. The van der Waals surface area contributed by atoms with Gasteiger partial charge in [-0.15, -0.1) is 0 Å². The summed E-state index contributed by atoms with van der Waals surface area (Å²) in [6.07, 6.45) is 2.51. The second-order valence-electron chi connectivity index (χ2n) is 4.87. The minimum absolute atomic E-state index is 0.136. The van der Waals surface area contributed by atoms with Crippen LogP contribution < -0.4 is 10.6 Å². The molecule has 0 spiro atoms. The molecule has 4 heteroatoms. The van der Waals surface area contributed by atoms with Gasteiger partial charge in [0, 0.05) is 12.5 Å². The van der Waals surface area contributed by atoms with Crippen LogP contribution >= 0.6 is 0 Å². The van der Waals surface area contributed by atoms with Crippen molar-refractivity contribution in [2.75, 3.05) is 0 Å². The molecule has 4 nitrogen and oxygen atoms in total. The molecule has 1 saturated carbocycles. The average Bonchev–Trinajstić information content (AvgIpc) is 3.23. The van der Waals surface area contributed by atoms with Crippen molar-refractivity contribution in [1.29, 1.82) is 0 Å². The third kappa shape index (κ3) is 4.43. The summed E-state index contributed by atoms with van der Waals surface area (Å²) in [5.41, 5.74) is 1.01. The fourth-order valence-corrected chi connectivity index (χ4v) is 1.90. The number of hydrogen-bond acceptors (Lipinski definition) is 2. The maximum atomic E-state index is 12.2. The van der Waals surface area contributed by atoms with Gasteiger partial charge in [-0.1, -0.05) is 36.3 Å². The number of hydrogen-bond donors (Lipinski definition) is 2. The van der Waals surface area contributed by atoms with Crippen molar-refractivity contribution in [1.82, 2.24) is 10.6 Å². The Balaban J connectivity index is 2.03.